The van der Waals surface area contributed by atoms with Crippen LogP contribution < -0.4 is 9.47 Å². The molecule has 0 saturated carbocycles. The van der Waals surface area contributed by atoms with Crippen molar-refractivity contribution in [3.8, 4) is 17.2 Å². The number of ether oxygens (including phenoxy) is 2. The molecule has 2 aliphatic rings. The van der Waals surface area contributed by atoms with Crippen molar-refractivity contribution < 1.29 is 32.2 Å². The van der Waals surface area contributed by atoms with Crippen molar-refractivity contribution in [1.29, 1.82) is 0 Å². The lowest BCUT2D eigenvalue weighted by atomic mass is 10.0. The highest BCUT2D eigenvalue weighted by molar-refractivity contribution is 5.95. The van der Waals surface area contributed by atoms with Crippen LogP contribution >= 0.6 is 0 Å². The molecule has 0 spiro atoms. The van der Waals surface area contributed by atoms with E-state index in [1.54, 1.807) is 42.3 Å². The number of amides is 2. The topological polar surface area (TPSA) is 62.3 Å². The number of carbonyl (C=O) groups excluding carboxylic acids is 2. The summed E-state index contributed by atoms with van der Waals surface area (Å²) < 4.78 is 49.3. The lowest BCUT2D eigenvalue weighted by molar-refractivity contribution is -0.137. The molecule has 3 aromatic carbocycles. The van der Waals surface area contributed by atoms with Gasteiger partial charge >= 0.3 is 6.18 Å². The van der Waals surface area contributed by atoms with Gasteiger partial charge in [0.2, 0.25) is 0 Å². The van der Waals surface area contributed by atoms with Gasteiger partial charge in [-0.15, -0.1) is 0 Å². The number of methoxy groups -OCH3 is 1. The van der Waals surface area contributed by atoms with E-state index in [-0.39, 0.29) is 23.6 Å². The smallest absolute Gasteiger partial charge is 0.416 e. The molecule has 40 heavy (non-hydrogen) atoms. The monoisotopic (exact) mass is 553 g/mol. The van der Waals surface area contributed by atoms with Crippen LogP contribution in [0.4, 0.5) is 13.2 Å². The number of aryl methyl sites for hydroxylation is 1. The standard InChI is InChI=1S/C30H30F3N3O4/c1-20-3-4-22(17-27(20)39-2)29(38)36-16-14-34-13-15-35(18-24(34)19-36)28(37)21-5-9-25(10-6-21)40-26-11-7-23(8-12-26)30(31,32)33/h3-12,17,24H,13-16,18-19H2,1-2H3. The minimum absolute atomic E-state index is 0.0324. The van der Waals surface area contributed by atoms with E-state index in [0.29, 0.717) is 48.8 Å². The molecular formula is C30H30F3N3O4. The van der Waals surface area contributed by atoms with Crippen molar-refractivity contribution in [2.24, 2.45) is 0 Å². The number of nitrogens with zero attached hydrogens (tertiary/aromatic N) is 3. The number of carbonyl (C=O) groups is 2. The number of piperazine rings is 2. The van der Waals surface area contributed by atoms with Gasteiger partial charge in [0.1, 0.15) is 17.2 Å². The largest absolute Gasteiger partial charge is 0.496 e. The molecule has 2 saturated heterocycles. The third kappa shape index (κ3) is 5.91. The van der Waals surface area contributed by atoms with Gasteiger partial charge in [0.05, 0.1) is 12.7 Å². The highest BCUT2D eigenvalue weighted by Crippen LogP contribution is 2.31. The first kappa shape index (κ1) is 27.5. The average Bonchev–Trinajstić information content (AvgIpc) is 2.96. The van der Waals surface area contributed by atoms with E-state index in [4.69, 9.17) is 9.47 Å². The van der Waals surface area contributed by atoms with E-state index in [1.165, 1.54) is 12.1 Å². The van der Waals surface area contributed by atoms with E-state index in [1.807, 2.05) is 24.0 Å². The molecule has 7 nitrogen and oxygen atoms in total. The van der Waals surface area contributed by atoms with Crippen LogP contribution in [0, 0.1) is 6.92 Å². The molecule has 0 aromatic heterocycles. The molecule has 0 aliphatic carbocycles. The van der Waals surface area contributed by atoms with Gasteiger partial charge in [-0.1, -0.05) is 6.07 Å². The lowest BCUT2D eigenvalue weighted by Crippen LogP contribution is -2.63. The van der Waals surface area contributed by atoms with Gasteiger partial charge in [0, 0.05) is 56.4 Å². The molecule has 10 heteroatoms. The fourth-order valence-electron chi connectivity index (χ4n) is 5.16. The first-order valence-electron chi connectivity index (χ1n) is 13.0. The Hall–Kier alpha value is -4.05. The van der Waals surface area contributed by atoms with Crippen LogP contribution in [0.2, 0.25) is 0 Å². The Morgan fingerprint density at radius 2 is 1.30 bits per heavy atom. The van der Waals surface area contributed by atoms with E-state index < -0.39 is 11.7 Å². The fourth-order valence-corrected chi connectivity index (χ4v) is 5.16. The number of hydrogen-bond donors (Lipinski definition) is 0. The average molecular weight is 554 g/mol. The number of rotatable bonds is 5. The van der Waals surface area contributed by atoms with Crippen LogP contribution in [0.3, 0.4) is 0 Å². The molecule has 1 unspecified atom stereocenters. The zero-order valence-corrected chi connectivity index (χ0v) is 22.3. The summed E-state index contributed by atoms with van der Waals surface area (Å²) in [5.41, 5.74) is 1.29. The summed E-state index contributed by atoms with van der Waals surface area (Å²) in [7, 11) is 1.59. The van der Waals surface area contributed by atoms with Gasteiger partial charge in [0.15, 0.2) is 0 Å². The molecule has 1 atom stereocenters. The summed E-state index contributed by atoms with van der Waals surface area (Å²) in [6, 6.07) is 16.5. The summed E-state index contributed by atoms with van der Waals surface area (Å²) in [5.74, 6) is 1.19. The quantitative estimate of drug-likeness (QED) is 0.440. The van der Waals surface area contributed by atoms with E-state index in [0.717, 1.165) is 30.8 Å². The maximum atomic E-state index is 13.3. The highest BCUT2D eigenvalue weighted by Gasteiger charge is 2.36. The van der Waals surface area contributed by atoms with Crippen molar-refractivity contribution in [1.82, 2.24) is 14.7 Å². The molecule has 0 radical (unpaired) electrons. The van der Waals surface area contributed by atoms with Crippen LogP contribution in [0.15, 0.2) is 66.7 Å². The molecule has 0 bridgehead atoms. The Balaban J connectivity index is 1.20. The van der Waals surface area contributed by atoms with Crippen LogP contribution in [0.1, 0.15) is 31.8 Å². The van der Waals surface area contributed by atoms with Gasteiger partial charge in [-0.25, -0.2) is 0 Å². The first-order chi connectivity index (χ1) is 19.1. The normalized spacial score (nSPS) is 17.8. The van der Waals surface area contributed by atoms with Gasteiger partial charge in [-0.2, -0.15) is 13.2 Å². The van der Waals surface area contributed by atoms with Crippen LogP contribution in [-0.4, -0.2) is 78.9 Å². The van der Waals surface area contributed by atoms with Crippen molar-refractivity contribution in [3.05, 3.63) is 89.0 Å². The molecule has 2 heterocycles. The van der Waals surface area contributed by atoms with Crippen LogP contribution in [0.5, 0.6) is 17.2 Å². The molecule has 2 fully saturated rings. The SMILES string of the molecule is COc1cc(C(=O)N2CCN3CCN(C(=O)c4ccc(Oc5ccc(C(F)(F)F)cc5)cc4)CC3C2)ccc1C. The van der Waals surface area contributed by atoms with Crippen molar-refractivity contribution in [2.45, 2.75) is 19.1 Å². The molecule has 5 rings (SSSR count). The molecule has 0 N–H and O–H groups in total. The second-order valence-electron chi connectivity index (χ2n) is 10.0. The zero-order chi connectivity index (χ0) is 28.4. The maximum Gasteiger partial charge on any atom is 0.416 e. The van der Waals surface area contributed by atoms with E-state index in [9.17, 15) is 22.8 Å². The Kier molecular flexibility index (Phi) is 7.71. The maximum absolute atomic E-state index is 13.3. The van der Waals surface area contributed by atoms with Gasteiger partial charge in [-0.3, -0.25) is 14.5 Å². The molecule has 210 valence electrons. The van der Waals surface area contributed by atoms with E-state index >= 15 is 0 Å². The number of halogens is 3. The Morgan fingerprint density at radius 1 is 0.775 bits per heavy atom. The zero-order valence-electron chi connectivity index (χ0n) is 22.3. The number of hydrogen-bond acceptors (Lipinski definition) is 5. The molecule has 3 aromatic rings. The van der Waals surface area contributed by atoms with E-state index in [2.05, 4.69) is 4.90 Å². The Labute approximate surface area is 230 Å². The fraction of sp³-hybridized carbons (Fsp3) is 0.333. The van der Waals surface area contributed by atoms with Crippen LogP contribution in [0.25, 0.3) is 0 Å². The predicted octanol–water partition coefficient (Wildman–Crippen LogP) is 5.10. The van der Waals surface area contributed by atoms with Crippen molar-refractivity contribution >= 4 is 11.8 Å². The summed E-state index contributed by atoms with van der Waals surface area (Å²) in [6.45, 7) is 5.65. The summed E-state index contributed by atoms with van der Waals surface area (Å²) in [4.78, 5) is 32.5. The number of alkyl halides is 3. The Bertz CT molecular complexity index is 1380. The highest BCUT2D eigenvalue weighted by atomic mass is 19.4. The third-order valence-corrected chi connectivity index (χ3v) is 7.44. The van der Waals surface area contributed by atoms with Gasteiger partial charge in [-0.05, 0) is 73.2 Å². The van der Waals surface area contributed by atoms with Crippen molar-refractivity contribution in [3.63, 3.8) is 0 Å². The second kappa shape index (κ2) is 11.2. The predicted molar refractivity (Wildman–Crippen MR) is 143 cm³/mol. The summed E-state index contributed by atoms with van der Waals surface area (Å²) >= 11 is 0. The van der Waals surface area contributed by atoms with Gasteiger partial charge < -0.3 is 19.3 Å². The molecular weight excluding hydrogens is 523 g/mol. The Morgan fingerprint density at radius 3 is 1.85 bits per heavy atom. The minimum atomic E-state index is -4.41. The number of benzene rings is 3. The second-order valence-corrected chi connectivity index (χ2v) is 10.0. The minimum Gasteiger partial charge on any atom is -0.496 e. The molecule has 2 aliphatic heterocycles. The third-order valence-electron chi connectivity index (χ3n) is 7.44. The lowest BCUT2D eigenvalue weighted by Gasteiger charge is -2.47. The summed E-state index contributed by atoms with van der Waals surface area (Å²) in [5, 5.41) is 0. The first-order valence-corrected chi connectivity index (χ1v) is 13.0. The molecule has 2 amide bonds. The van der Waals surface area contributed by atoms with Gasteiger partial charge in [0.25, 0.3) is 11.8 Å². The van der Waals surface area contributed by atoms with Crippen molar-refractivity contribution in [2.75, 3.05) is 46.4 Å². The summed E-state index contributed by atoms with van der Waals surface area (Å²) in [6.07, 6.45) is -4.41. The number of fused-ring (bicyclic) bond motifs is 1. The van der Waals surface area contributed by atoms with Crippen LogP contribution in [-0.2, 0) is 6.18 Å².